The van der Waals surface area contributed by atoms with E-state index in [2.05, 4.69) is 12.2 Å². The number of hydrogen-bond acceptors (Lipinski definition) is 3. The van der Waals surface area contributed by atoms with E-state index in [1.165, 1.54) is 32.1 Å². The standard InChI is InChI=1S/C15H19NO2/c16-9-8-14(17)15-10-13(11-18-15)7-6-12-4-2-1-3-5-12/h6-7,10-12,14,17H,1-5,8H2. The topological polar surface area (TPSA) is 57.2 Å². The van der Waals surface area contributed by atoms with Gasteiger partial charge in [0.1, 0.15) is 11.9 Å². The lowest BCUT2D eigenvalue weighted by molar-refractivity contribution is 0.155. The fourth-order valence-electron chi connectivity index (χ4n) is 2.39. The summed E-state index contributed by atoms with van der Waals surface area (Å²) in [4.78, 5) is 0. The van der Waals surface area contributed by atoms with Gasteiger partial charge in [-0.3, -0.25) is 0 Å². The van der Waals surface area contributed by atoms with Crippen LogP contribution in [0.5, 0.6) is 0 Å². The van der Waals surface area contributed by atoms with Gasteiger partial charge in [0.2, 0.25) is 0 Å². The number of furan rings is 1. The molecule has 1 aromatic heterocycles. The molecule has 1 heterocycles. The lowest BCUT2D eigenvalue weighted by Gasteiger charge is -2.17. The van der Waals surface area contributed by atoms with Crippen LogP contribution in [0.15, 0.2) is 22.8 Å². The smallest absolute Gasteiger partial charge is 0.133 e. The van der Waals surface area contributed by atoms with Gasteiger partial charge < -0.3 is 9.52 Å². The van der Waals surface area contributed by atoms with E-state index in [1.54, 1.807) is 12.3 Å². The summed E-state index contributed by atoms with van der Waals surface area (Å²) in [5.41, 5.74) is 0.965. The summed E-state index contributed by atoms with van der Waals surface area (Å²) in [7, 11) is 0. The molecule has 18 heavy (non-hydrogen) atoms. The zero-order chi connectivity index (χ0) is 12.8. The van der Waals surface area contributed by atoms with E-state index < -0.39 is 6.10 Å². The van der Waals surface area contributed by atoms with Crippen LogP contribution in [0.2, 0.25) is 0 Å². The van der Waals surface area contributed by atoms with E-state index in [0.29, 0.717) is 11.7 Å². The Morgan fingerprint density at radius 2 is 2.22 bits per heavy atom. The van der Waals surface area contributed by atoms with Crippen molar-refractivity contribution in [2.45, 2.75) is 44.6 Å². The minimum absolute atomic E-state index is 0.0687. The third-order valence-corrected chi connectivity index (χ3v) is 3.46. The second-order valence-electron chi connectivity index (χ2n) is 4.92. The Morgan fingerprint density at radius 1 is 1.44 bits per heavy atom. The number of hydrogen-bond donors (Lipinski definition) is 1. The molecule has 1 aliphatic rings. The minimum Gasteiger partial charge on any atom is -0.466 e. The molecule has 0 saturated heterocycles. The summed E-state index contributed by atoms with van der Waals surface area (Å²) < 4.78 is 5.27. The van der Waals surface area contributed by atoms with E-state index in [9.17, 15) is 5.11 Å². The first-order valence-corrected chi connectivity index (χ1v) is 6.61. The maximum absolute atomic E-state index is 9.61. The molecular formula is C15H19NO2. The molecule has 0 aromatic carbocycles. The maximum Gasteiger partial charge on any atom is 0.133 e. The molecule has 3 nitrogen and oxygen atoms in total. The van der Waals surface area contributed by atoms with Gasteiger partial charge in [-0.25, -0.2) is 0 Å². The van der Waals surface area contributed by atoms with E-state index in [0.717, 1.165) is 5.56 Å². The van der Waals surface area contributed by atoms with Gasteiger partial charge in [0.15, 0.2) is 0 Å². The van der Waals surface area contributed by atoms with Gasteiger partial charge in [-0.2, -0.15) is 5.26 Å². The van der Waals surface area contributed by atoms with Crippen LogP contribution in [-0.4, -0.2) is 5.11 Å². The van der Waals surface area contributed by atoms with Gasteiger partial charge in [0, 0.05) is 5.56 Å². The third kappa shape index (κ3) is 3.48. The van der Waals surface area contributed by atoms with Crippen LogP contribution >= 0.6 is 0 Å². The quantitative estimate of drug-likeness (QED) is 0.877. The molecule has 1 atom stereocenters. The van der Waals surface area contributed by atoms with E-state index in [-0.39, 0.29) is 6.42 Å². The highest BCUT2D eigenvalue weighted by Crippen LogP contribution is 2.26. The molecule has 1 N–H and O–H groups in total. The van der Waals surface area contributed by atoms with Crippen LogP contribution in [0.4, 0.5) is 0 Å². The minimum atomic E-state index is -0.813. The van der Waals surface area contributed by atoms with Crippen molar-refractivity contribution in [3.8, 4) is 6.07 Å². The van der Waals surface area contributed by atoms with E-state index in [1.807, 2.05) is 6.07 Å². The molecule has 0 spiro atoms. The highest BCUT2D eigenvalue weighted by molar-refractivity contribution is 5.48. The summed E-state index contributed by atoms with van der Waals surface area (Å²) in [6, 6.07) is 3.74. The summed E-state index contributed by atoms with van der Waals surface area (Å²) in [5, 5.41) is 18.1. The molecule has 0 amide bonds. The molecule has 1 unspecified atom stereocenters. The predicted octanol–water partition coefficient (Wildman–Crippen LogP) is 3.82. The second-order valence-corrected chi connectivity index (χ2v) is 4.92. The summed E-state index contributed by atoms with van der Waals surface area (Å²) in [6.45, 7) is 0. The van der Waals surface area contributed by atoms with Crippen molar-refractivity contribution in [2.24, 2.45) is 5.92 Å². The van der Waals surface area contributed by atoms with Crippen molar-refractivity contribution < 1.29 is 9.52 Å². The van der Waals surface area contributed by atoms with Crippen molar-refractivity contribution in [1.82, 2.24) is 0 Å². The van der Waals surface area contributed by atoms with E-state index >= 15 is 0 Å². The van der Waals surface area contributed by atoms with Crippen molar-refractivity contribution >= 4 is 6.08 Å². The zero-order valence-electron chi connectivity index (χ0n) is 10.5. The Morgan fingerprint density at radius 3 is 2.94 bits per heavy atom. The number of nitriles is 1. The van der Waals surface area contributed by atoms with Gasteiger partial charge in [-0.1, -0.05) is 31.4 Å². The molecule has 1 fully saturated rings. The normalized spacial score (nSPS) is 18.9. The van der Waals surface area contributed by atoms with Gasteiger partial charge in [-0.15, -0.1) is 0 Å². The van der Waals surface area contributed by atoms with Crippen LogP contribution in [0, 0.1) is 17.2 Å². The first kappa shape index (κ1) is 12.9. The molecule has 1 aromatic rings. The molecular weight excluding hydrogens is 226 g/mol. The number of aliphatic hydroxyl groups is 1. The molecule has 1 saturated carbocycles. The van der Waals surface area contributed by atoms with Crippen LogP contribution in [-0.2, 0) is 0 Å². The zero-order valence-corrected chi connectivity index (χ0v) is 10.5. The molecule has 1 aliphatic carbocycles. The summed E-state index contributed by atoms with van der Waals surface area (Å²) >= 11 is 0. The first-order valence-electron chi connectivity index (χ1n) is 6.61. The Kier molecular flexibility index (Phi) is 4.60. The van der Waals surface area contributed by atoms with Gasteiger partial charge in [-0.05, 0) is 24.8 Å². The molecule has 0 radical (unpaired) electrons. The fraction of sp³-hybridized carbons (Fsp3) is 0.533. The molecule has 0 aliphatic heterocycles. The lowest BCUT2D eigenvalue weighted by atomic mass is 9.89. The van der Waals surface area contributed by atoms with Crippen molar-refractivity contribution in [1.29, 1.82) is 5.26 Å². The first-order chi connectivity index (χ1) is 8.79. The average molecular weight is 245 g/mol. The molecule has 2 rings (SSSR count). The van der Waals surface area contributed by atoms with E-state index in [4.69, 9.17) is 9.68 Å². The number of rotatable bonds is 4. The number of aliphatic hydroxyl groups excluding tert-OH is 1. The Hall–Kier alpha value is -1.53. The largest absolute Gasteiger partial charge is 0.466 e. The van der Waals surface area contributed by atoms with Gasteiger partial charge >= 0.3 is 0 Å². The van der Waals surface area contributed by atoms with Crippen LogP contribution < -0.4 is 0 Å². The second kappa shape index (κ2) is 6.42. The molecule has 3 heteroatoms. The van der Waals surface area contributed by atoms with Gasteiger partial charge in [0.05, 0.1) is 18.8 Å². The lowest BCUT2D eigenvalue weighted by Crippen LogP contribution is -2.02. The SMILES string of the molecule is N#CCC(O)c1cc(C=CC2CCCCC2)co1. The van der Waals surface area contributed by atoms with Gasteiger partial charge in [0.25, 0.3) is 0 Å². The number of nitrogens with zero attached hydrogens (tertiary/aromatic N) is 1. The highest BCUT2D eigenvalue weighted by atomic mass is 16.4. The van der Waals surface area contributed by atoms with Crippen LogP contribution in [0.1, 0.15) is 56.0 Å². The number of allylic oxidation sites excluding steroid dienone is 1. The van der Waals surface area contributed by atoms with Crippen molar-refractivity contribution in [3.05, 3.63) is 29.7 Å². The van der Waals surface area contributed by atoms with Crippen molar-refractivity contribution in [2.75, 3.05) is 0 Å². The predicted molar refractivity (Wildman–Crippen MR) is 69.5 cm³/mol. The Balaban J connectivity index is 1.93. The maximum atomic E-state index is 9.61. The monoisotopic (exact) mass is 245 g/mol. The van der Waals surface area contributed by atoms with Crippen molar-refractivity contribution in [3.63, 3.8) is 0 Å². The highest BCUT2D eigenvalue weighted by Gasteiger charge is 2.12. The van der Waals surface area contributed by atoms with Crippen LogP contribution in [0.3, 0.4) is 0 Å². The Labute approximate surface area is 108 Å². The average Bonchev–Trinajstić information content (AvgIpc) is 2.87. The molecule has 96 valence electrons. The fourth-order valence-corrected chi connectivity index (χ4v) is 2.39. The Bertz CT molecular complexity index is 436. The molecule has 0 bridgehead atoms. The summed E-state index contributed by atoms with van der Waals surface area (Å²) in [5.74, 6) is 1.15. The van der Waals surface area contributed by atoms with Crippen LogP contribution in [0.25, 0.3) is 6.08 Å². The summed E-state index contributed by atoms with van der Waals surface area (Å²) in [6.07, 6.45) is 11.8. The third-order valence-electron chi connectivity index (χ3n) is 3.46.